The van der Waals surface area contributed by atoms with Crippen molar-refractivity contribution in [2.75, 3.05) is 31.1 Å². The molecule has 0 unspecified atom stereocenters. The van der Waals surface area contributed by atoms with Crippen molar-refractivity contribution in [1.29, 1.82) is 0 Å². The van der Waals surface area contributed by atoms with Crippen LogP contribution in [0.1, 0.15) is 29.0 Å². The number of hydrogen-bond donors (Lipinski definition) is 2. The molecule has 2 aromatic carbocycles. The second-order valence-corrected chi connectivity index (χ2v) is 9.84. The molecular weight excluding hydrogens is 463 g/mol. The molecule has 1 aromatic heterocycles. The van der Waals surface area contributed by atoms with Crippen molar-refractivity contribution in [2.45, 2.75) is 32.5 Å². The van der Waals surface area contributed by atoms with Gasteiger partial charge in [0.2, 0.25) is 0 Å². The van der Waals surface area contributed by atoms with Crippen LogP contribution in [0, 0.1) is 12.7 Å². The highest BCUT2D eigenvalue weighted by molar-refractivity contribution is 7.10. The second kappa shape index (κ2) is 11.5. The van der Waals surface area contributed by atoms with E-state index in [9.17, 15) is 14.0 Å². The topological polar surface area (TPSA) is 64.7 Å². The van der Waals surface area contributed by atoms with Gasteiger partial charge in [0.15, 0.2) is 0 Å². The number of nitrogens with zero attached hydrogens (tertiary/aromatic N) is 2. The molecule has 8 heteroatoms. The zero-order chi connectivity index (χ0) is 24.8. The van der Waals surface area contributed by atoms with Gasteiger partial charge in [-0.3, -0.25) is 14.5 Å². The zero-order valence-corrected chi connectivity index (χ0v) is 20.9. The van der Waals surface area contributed by atoms with Crippen LogP contribution in [0.3, 0.4) is 0 Å². The van der Waals surface area contributed by atoms with Gasteiger partial charge in [-0.25, -0.2) is 4.39 Å². The first-order valence-corrected chi connectivity index (χ1v) is 12.7. The molecule has 4 rings (SSSR count). The van der Waals surface area contributed by atoms with Gasteiger partial charge >= 0.3 is 11.8 Å². The third-order valence-corrected chi connectivity index (χ3v) is 7.29. The minimum absolute atomic E-state index is 0.0772. The highest BCUT2D eigenvalue weighted by atomic mass is 32.1. The van der Waals surface area contributed by atoms with Crippen molar-refractivity contribution in [3.05, 3.63) is 87.9 Å². The van der Waals surface area contributed by atoms with Crippen LogP contribution in [0.25, 0.3) is 0 Å². The van der Waals surface area contributed by atoms with E-state index in [4.69, 9.17) is 0 Å². The fourth-order valence-corrected chi connectivity index (χ4v) is 5.44. The molecule has 35 heavy (non-hydrogen) atoms. The normalized spacial score (nSPS) is 15.9. The maximum absolute atomic E-state index is 14.3. The van der Waals surface area contributed by atoms with Gasteiger partial charge in [0.25, 0.3) is 0 Å². The fourth-order valence-electron chi connectivity index (χ4n) is 4.47. The molecule has 2 N–H and O–H groups in total. The number of amides is 2. The molecule has 184 valence electrons. The van der Waals surface area contributed by atoms with Gasteiger partial charge in [0, 0.05) is 43.6 Å². The molecule has 1 fully saturated rings. The van der Waals surface area contributed by atoms with Crippen LogP contribution in [0.4, 0.5) is 10.1 Å². The maximum atomic E-state index is 14.3. The number of carbonyl (C=O) groups excluding carboxylic acids is 2. The van der Waals surface area contributed by atoms with Crippen LogP contribution in [-0.4, -0.2) is 48.9 Å². The molecule has 2 atom stereocenters. The SMILES string of the molecule is Cc1ccc(CNC(=O)C(=O)N[C@H](C)[C@@H](c2cccs2)N2CCN(c3ccccc3F)CC2)cc1. The minimum atomic E-state index is -0.647. The average molecular weight is 495 g/mol. The Morgan fingerprint density at radius 2 is 1.69 bits per heavy atom. The predicted molar refractivity (Wildman–Crippen MR) is 138 cm³/mol. The quantitative estimate of drug-likeness (QED) is 0.490. The van der Waals surface area contributed by atoms with E-state index in [1.165, 1.54) is 6.07 Å². The van der Waals surface area contributed by atoms with E-state index in [-0.39, 0.29) is 17.9 Å². The molecule has 0 bridgehead atoms. The summed E-state index contributed by atoms with van der Waals surface area (Å²) in [6.45, 7) is 7.03. The summed E-state index contributed by atoms with van der Waals surface area (Å²) >= 11 is 1.63. The number of nitrogens with one attached hydrogen (secondary N) is 2. The molecule has 0 spiro atoms. The largest absolute Gasteiger partial charge is 0.367 e. The number of para-hydroxylation sites is 1. The molecule has 3 aromatic rings. The second-order valence-electron chi connectivity index (χ2n) is 8.87. The molecule has 0 saturated carbocycles. The van der Waals surface area contributed by atoms with E-state index in [2.05, 4.69) is 26.5 Å². The van der Waals surface area contributed by atoms with Gasteiger partial charge < -0.3 is 15.5 Å². The lowest BCUT2D eigenvalue weighted by molar-refractivity contribution is -0.140. The lowest BCUT2D eigenvalue weighted by Gasteiger charge is -2.42. The van der Waals surface area contributed by atoms with Crippen molar-refractivity contribution in [1.82, 2.24) is 15.5 Å². The molecule has 6 nitrogen and oxygen atoms in total. The Morgan fingerprint density at radius 1 is 0.971 bits per heavy atom. The minimum Gasteiger partial charge on any atom is -0.367 e. The van der Waals surface area contributed by atoms with Crippen molar-refractivity contribution in [3.63, 3.8) is 0 Å². The number of benzene rings is 2. The lowest BCUT2D eigenvalue weighted by atomic mass is 10.0. The first-order chi connectivity index (χ1) is 16.9. The van der Waals surface area contributed by atoms with Crippen molar-refractivity contribution in [2.24, 2.45) is 0 Å². The molecule has 2 amide bonds. The Balaban J connectivity index is 1.37. The molecule has 1 aliphatic rings. The number of piperazine rings is 1. The van der Waals surface area contributed by atoms with Crippen molar-refractivity contribution >= 4 is 28.8 Å². The number of thiophene rings is 1. The standard InChI is InChI=1S/C27H31FN4O2S/c1-19-9-11-21(12-10-19)18-29-26(33)27(34)30-20(2)25(24-8-5-17-35-24)32-15-13-31(14-16-32)23-7-4-3-6-22(23)28/h3-12,17,20,25H,13-16,18H2,1-2H3,(H,29,33)(H,30,34)/t20-,25+/m1/s1. The summed E-state index contributed by atoms with van der Waals surface area (Å²) in [5, 5.41) is 7.62. The van der Waals surface area contributed by atoms with Gasteiger partial charge in [-0.2, -0.15) is 0 Å². The molecule has 1 saturated heterocycles. The van der Waals surface area contributed by atoms with Crippen LogP contribution in [0.2, 0.25) is 0 Å². The summed E-state index contributed by atoms with van der Waals surface area (Å²) in [5.41, 5.74) is 2.70. The number of anilines is 1. The van der Waals surface area contributed by atoms with E-state index in [1.54, 1.807) is 23.5 Å². The van der Waals surface area contributed by atoms with Gasteiger partial charge in [-0.1, -0.05) is 48.0 Å². The van der Waals surface area contributed by atoms with Gasteiger partial charge in [0.05, 0.1) is 11.7 Å². The van der Waals surface area contributed by atoms with Gasteiger partial charge in [0.1, 0.15) is 5.82 Å². The Kier molecular flexibility index (Phi) is 8.15. The van der Waals surface area contributed by atoms with E-state index in [0.717, 1.165) is 29.1 Å². The van der Waals surface area contributed by atoms with Crippen LogP contribution in [0.5, 0.6) is 0 Å². The predicted octanol–water partition coefficient (Wildman–Crippen LogP) is 3.88. The van der Waals surface area contributed by atoms with Crippen LogP contribution in [0.15, 0.2) is 66.0 Å². The number of halogens is 1. The third kappa shape index (κ3) is 6.26. The van der Waals surface area contributed by atoms with E-state index in [1.807, 2.05) is 55.6 Å². The van der Waals surface area contributed by atoms with Crippen LogP contribution >= 0.6 is 11.3 Å². The number of rotatable bonds is 7. The van der Waals surface area contributed by atoms with E-state index < -0.39 is 11.8 Å². The third-order valence-electron chi connectivity index (χ3n) is 6.35. The van der Waals surface area contributed by atoms with Crippen molar-refractivity contribution in [3.8, 4) is 0 Å². The number of carbonyl (C=O) groups is 2. The highest BCUT2D eigenvalue weighted by Gasteiger charge is 2.32. The monoisotopic (exact) mass is 494 g/mol. The molecule has 0 aliphatic carbocycles. The molecule has 1 aliphatic heterocycles. The van der Waals surface area contributed by atoms with Crippen LogP contribution < -0.4 is 15.5 Å². The number of aryl methyl sites for hydroxylation is 1. The smallest absolute Gasteiger partial charge is 0.309 e. The molecule has 2 heterocycles. The summed E-state index contributed by atoms with van der Waals surface area (Å²) in [4.78, 5) is 30.6. The summed E-state index contributed by atoms with van der Waals surface area (Å²) in [6.07, 6.45) is 0. The summed E-state index contributed by atoms with van der Waals surface area (Å²) in [6, 6.07) is 18.3. The lowest BCUT2D eigenvalue weighted by Crippen LogP contribution is -2.53. The summed E-state index contributed by atoms with van der Waals surface area (Å²) in [5.74, 6) is -1.50. The summed E-state index contributed by atoms with van der Waals surface area (Å²) < 4.78 is 14.3. The Morgan fingerprint density at radius 3 is 2.34 bits per heavy atom. The maximum Gasteiger partial charge on any atom is 0.309 e. The zero-order valence-electron chi connectivity index (χ0n) is 20.0. The van der Waals surface area contributed by atoms with E-state index >= 15 is 0 Å². The summed E-state index contributed by atoms with van der Waals surface area (Å²) in [7, 11) is 0. The Bertz CT molecular complexity index is 1130. The average Bonchev–Trinajstić information content (AvgIpc) is 3.39. The first-order valence-electron chi connectivity index (χ1n) is 11.8. The Hall–Kier alpha value is -3.23. The van der Waals surface area contributed by atoms with Gasteiger partial charge in [-0.05, 0) is 43.0 Å². The number of hydrogen-bond acceptors (Lipinski definition) is 5. The van der Waals surface area contributed by atoms with Gasteiger partial charge in [-0.15, -0.1) is 11.3 Å². The van der Waals surface area contributed by atoms with Crippen molar-refractivity contribution < 1.29 is 14.0 Å². The molecule has 0 radical (unpaired) electrons. The highest BCUT2D eigenvalue weighted by Crippen LogP contribution is 2.30. The van der Waals surface area contributed by atoms with Crippen LogP contribution in [-0.2, 0) is 16.1 Å². The van der Waals surface area contributed by atoms with E-state index in [0.29, 0.717) is 25.3 Å². The fraction of sp³-hybridized carbons (Fsp3) is 0.333. The first kappa shape index (κ1) is 24.9. The Labute approximate surface area is 209 Å². The molecular formula is C27H31FN4O2S.